The summed E-state index contributed by atoms with van der Waals surface area (Å²) in [5.74, 6) is -0.597. The monoisotopic (exact) mass is 489 g/mol. The Balaban J connectivity index is 1.87. The zero-order valence-electron chi connectivity index (χ0n) is 17.4. The van der Waals surface area contributed by atoms with E-state index in [2.05, 4.69) is 10.5 Å². The number of sulfonamides is 1. The molecule has 1 amide bonds. The van der Waals surface area contributed by atoms with Crippen LogP contribution in [0.15, 0.2) is 76.7 Å². The number of carbonyl (C=O) groups is 1. The van der Waals surface area contributed by atoms with E-state index in [-0.39, 0.29) is 4.90 Å². The Morgan fingerprint density at radius 1 is 0.969 bits per heavy atom. The molecule has 0 unspecified atom stereocenters. The highest BCUT2D eigenvalue weighted by Gasteiger charge is 2.28. The largest absolute Gasteiger partial charge is 0.271 e. The first kappa shape index (κ1) is 23.8. The van der Waals surface area contributed by atoms with E-state index in [0.717, 1.165) is 15.4 Å². The normalized spacial score (nSPS) is 11.5. The Morgan fingerprint density at radius 3 is 2.22 bits per heavy atom. The molecule has 0 spiro atoms. The molecule has 6 nitrogen and oxygen atoms in total. The predicted octanol–water partition coefficient (Wildman–Crippen LogP) is 4.96. The van der Waals surface area contributed by atoms with Crippen molar-refractivity contribution in [3.63, 3.8) is 0 Å². The maximum absolute atomic E-state index is 13.4. The molecule has 3 aromatic rings. The predicted molar refractivity (Wildman–Crippen MR) is 129 cm³/mol. The van der Waals surface area contributed by atoms with Gasteiger partial charge in [-0.05, 0) is 67.4 Å². The zero-order chi connectivity index (χ0) is 23.3. The fraction of sp³-hybridized carbons (Fsp3) is 0.130. The molecule has 3 rings (SSSR count). The summed E-state index contributed by atoms with van der Waals surface area (Å²) in [7, 11) is -4.02. The number of hydrazone groups is 1. The third-order valence-corrected chi connectivity index (χ3v) is 6.86. The first-order valence-corrected chi connectivity index (χ1v) is 11.8. The molecule has 0 radical (unpaired) electrons. The summed E-state index contributed by atoms with van der Waals surface area (Å²) < 4.78 is 27.9. The van der Waals surface area contributed by atoms with E-state index in [9.17, 15) is 13.2 Å². The van der Waals surface area contributed by atoms with Gasteiger partial charge in [0.05, 0.1) is 16.8 Å². The molecular weight excluding hydrogens is 469 g/mol. The number of hydrogen-bond acceptors (Lipinski definition) is 4. The van der Waals surface area contributed by atoms with Gasteiger partial charge < -0.3 is 0 Å². The minimum absolute atomic E-state index is 0.0786. The second-order valence-electron chi connectivity index (χ2n) is 7.10. The van der Waals surface area contributed by atoms with Gasteiger partial charge in [-0.1, -0.05) is 53.0 Å². The van der Waals surface area contributed by atoms with Crippen molar-refractivity contribution in [2.24, 2.45) is 5.10 Å². The Hall–Kier alpha value is -2.87. The molecule has 32 heavy (non-hydrogen) atoms. The van der Waals surface area contributed by atoms with Gasteiger partial charge in [0.2, 0.25) is 0 Å². The van der Waals surface area contributed by atoms with E-state index >= 15 is 0 Å². The quantitative estimate of drug-likeness (QED) is 0.376. The highest BCUT2D eigenvalue weighted by atomic mass is 35.5. The average molecular weight is 490 g/mol. The average Bonchev–Trinajstić information content (AvgIpc) is 2.74. The van der Waals surface area contributed by atoms with Gasteiger partial charge in [0, 0.05) is 10.0 Å². The zero-order valence-corrected chi connectivity index (χ0v) is 19.7. The lowest BCUT2D eigenvalue weighted by Crippen LogP contribution is -2.40. The van der Waals surface area contributed by atoms with Crippen molar-refractivity contribution in [1.29, 1.82) is 0 Å². The van der Waals surface area contributed by atoms with Gasteiger partial charge in [0.1, 0.15) is 6.54 Å². The minimum Gasteiger partial charge on any atom is -0.271 e. The lowest BCUT2D eigenvalue weighted by Gasteiger charge is -2.25. The number of nitrogens with zero attached hydrogens (tertiary/aromatic N) is 2. The Kier molecular flexibility index (Phi) is 7.56. The molecule has 9 heteroatoms. The lowest BCUT2D eigenvalue weighted by molar-refractivity contribution is -0.119. The third kappa shape index (κ3) is 5.88. The molecule has 0 aliphatic carbocycles. The molecule has 1 N–H and O–H groups in total. The van der Waals surface area contributed by atoms with Crippen molar-refractivity contribution >= 4 is 51.0 Å². The van der Waals surface area contributed by atoms with Gasteiger partial charge in [-0.15, -0.1) is 0 Å². The number of anilines is 1. The summed E-state index contributed by atoms with van der Waals surface area (Å²) in [5.41, 5.74) is 5.00. The van der Waals surface area contributed by atoms with Crippen molar-refractivity contribution in [1.82, 2.24) is 5.43 Å². The van der Waals surface area contributed by atoms with Crippen molar-refractivity contribution < 1.29 is 13.2 Å². The van der Waals surface area contributed by atoms with Gasteiger partial charge in [-0.25, -0.2) is 13.8 Å². The molecule has 166 valence electrons. The molecule has 0 saturated heterocycles. The summed E-state index contributed by atoms with van der Waals surface area (Å²) in [6, 6.07) is 18.1. The van der Waals surface area contributed by atoms with E-state index in [4.69, 9.17) is 23.2 Å². The molecule has 0 fully saturated rings. The van der Waals surface area contributed by atoms with Crippen molar-refractivity contribution in [2.75, 3.05) is 10.8 Å². The molecule has 0 saturated carbocycles. The van der Waals surface area contributed by atoms with Gasteiger partial charge in [-0.2, -0.15) is 5.10 Å². The molecule has 0 heterocycles. The number of halogens is 2. The van der Waals surface area contributed by atoms with Crippen LogP contribution in [0.2, 0.25) is 10.0 Å². The van der Waals surface area contributed by atoms with Crippen LogP contribution >= 0.6 is 23.2 Å². The van der Waals surface area contributed by atoms with E-state index in [1.54, 1.807) is 61.5 Å². The minimum atomic E-state index is -4.02. The molecule has 0 atom stereocenters. The van der Waals surface area contributed by atoms with E-state index < -0.39 is 22.5 Å². The topological polar surface area (TPSA) is 78.8 Å². The SMILES string of the molecule is Cc1ccc(S(=O)(=O)N(CC(=O)N/N=C/c2ccc(Cl)cc2)c2ccc(Cl)cc2C)cc1. The van der Waals surface area contributed by atoms with Gasteiger partial charge in [0.25, 0.3) is 15.9 Å². The summed E-state index contributed by atoms with van der Waals surface area (Å²) in [5, 5.41) is 4.96. The first-order chi connectivity index (χ1) is 15.2. The van der Waals surface area contributed by atoms with Crippen LogP contribution in [0.3, 0.4) is 0 Å². The standard InChI is InChI=1S/C23H21Cl2N3O3S/c1-16-3-10-21(11-4-16)32(30,31)28(22-12-9-20(25)13-17(22)2)15-23(29)27-26-14-18-5-7-19(24)8-6-18/h3-14H,15H2,1-2H3,(H,27,29)/b26-14+. The molecule has 3 aromatic carbocycles. The van der Waals surface area contributed by atoms with Crippen LogP contribution in [0, 0.1) is 13.8 Å². The highest BCUT2D eigenvalue weighted by molar-refractivity contribution is 7.92. The number of carbonyl (C=O) groups excluding carboxylic acids is 1. The van der Waals surface area contributed by atoms with Crippen LogP contribution in [0.5, 0.6) is 0 Å². The van der Waals surface area contributed by atoms with Gasteiger partial charge in [0.15, 0.2) is 0 Å². The molecule has 0 aromatic heterocycles. The van der Waals surface area contributed by atoms with E-state index in [1.807, 2.05) is 6.92 Å². The maximum Gasteiger partial charge on any atom is 0.264 e. The Bertz CT molecular complexity index is 1240. The van der Waals surface area contributed by atoms with Crippen LogP contribution in [-0.2, 0) is 14.8 Å². The summed E-state index contributed by atoms with van der Waals surface area (Å²) in [4.78, 5) is 12.7. The number of benzene rings is 3. The first-order valence-electron chi connectivity index (χ1n) is 9.60. The fourth-order valence-electron chi connectivity index (χ4n) is 2.93. The number of rotatable bonds is 7. The second kappa shape index (κ2) is 10.2. The summed E-state index contributed by atoms with van der Waals surface area (Å²) in [6.45, 7) is 3.13. The van der Waals surface area contributed by atoms with Crippen molar-refractivity contribution in [3.8, 4) is 0 Å². The van der Waals surface area contributed by atoms with Crippen LogP contribution in [0.4, 0.5) is 5.69 Å². The highest BCUT2D eigenvalue weighted by Crippen LogP contribution is 2.29. The summed E-state index contributed by atoms with van der Waals surface area (Å²) >= 11 is 11.9. The number of amides is 1. The number of aryl methyl sites for hydroxylation is 2. The molecular formula is C23H21Cl2N3O3S. The maximum atomic E-state index is 13.4. The van der Waals surface area contributed by atoms with Crippen molar-refractivity contribution in [2.45, 2.75) is 18.7 Å². The summed E-state index contributed by atoms with van der Waals surface area (Å²) in [6.07, 6.45) is 1.45. The number of nitrogens with one attached hydrogen (secondary N) is 1. The van der Waals surface area contributed by atoms with Crippen molar-refractivity contribution in [3.05, 3.63) is 93.5 Å². The number of hydrogen-bond donors (Lipinski definition) is 1. The second-order valence-corrected chi connectivity index (χ2v) is 9.84. The Morgan fingerprint density at radius 2 is 1.59 bits per heavy atom. The van der Waals surface area contributed by atoms with Gasteiger partial charge >= 0.3 is 0 Å². The van der Waals surface area contributed by atoms with Crippen LogP contribution in [-0.4, -0.2) is 27.1 Å². The van der Waals surface area contributed by atoms with Crippen LogP contribution in [0.1, 0.15) is 16.7 Å². The molecule has 0 aliphatic heterocycles. The Labute approximate surface area is 197 Å². The lowest BCUT2D eigenvalue weighted by atomic mass is 10.2. The molecule has 0 bridgehead atoms. The molecule has 0 aliphatic rings. The smallest absolute Gasteiger partial charge is 0.264 e. The fourth-order valence-corrected chi connectivity index (χ4v) is 4.77. The van der Waals surface area contributed by atoms with E-state index in [1.165, 1.54) is 18.3 Å². The van der Waals surface area contributed by atoms with Gasteiger partial charge in [-0.3, -0.25) is 9.10 Å². The third-order valence-electron chi connectivity index (χ3n) is 4.60. The van der Waals surface area contributed by atoms with Crippen LogP contribution < -0.4 is 9.73 Å². The van der Waals surface area contributed by atoms with E-state index in [0.29, 0.717) is 21.3 Å². The van der Waals surface area contributed by atoms with Crippen LogP contribution in [0.25, 0.3) is 0 Å².